The first-order chi connectivity index (χ1) is 48.1. The standard InChI is InChI=1S/C36H34ClFN6O5S.C35H32ClFN6O5S/c1-47-21-22-3-8-26(9-4-22)49-27-10-6-24(7-11-27)44-19-25-18-42(14-15-43(25)36(44)46)20-30-31(35(45)48-2)32(28-12-5-23(38)17-29(28)37)41-33(40-30)34-39-13-16-50-34;1-47-34(45)30-29(39-32(33-38-12-15-49-33)40-31(30)27-11-4-22(37)16-28(27)36)19-41-13-14-42-24(17-41)18-43(35(42)46)23-5-9-26(10-6-23)48-25-7-2-21(20-44)3-8-25/h3-13,16-17,25,32H,14-15,18-21H2,1-2H3,(H,40,41);2-12,15-16,24,31,44H,13-14,17-20H2,1H3,(H,39,40)/t25-,32-;24-,31-/m00/s1. The molecule has 22 nitrogen and oxygen atoms in total. The average Bonchev–Trinajstić information content (AvgIpc) is 1.71. The summed E-state index contributed by atoms with van der Waals surface area (Å²) in [7, 11) is 4.28. The molecule has 6 aliphatic heterocycles. The van der Waals surface area contributed by atoms with Crippen LogP contribution in [-0.4, -0.2) is 169 Å². The average molecular weight is 1420 g/mol. The number of amidine groups is 2. The van der Waals surface area contributed by atoms with E-state index in [1.807, 2.05) is 93.4 Å². The lowest BCUT2D eigenvalue weighted by atomic mass is 9.95. The zero-order chi connectivity index (χ0) is 68.8. The molecule has 2 aromatic heterocycles. The first-order valence-electron chi connectivity index (χ1n) is 31.6. The monoisotopic (exact) mass is 1420 g/mol. The van der Waals surface area contributed by atoms with Gasteiger partial charge in [0.25, 0.3) is 0 Å². The van der Waals surface area contributed by atoms with Crippen molar-refractivity contribution in [3.63, 3.8) is 0 Å². The summed E-state index contributed by atoms with van der Waals surface area (Å²) in [5.74, 6) is 1.46. The minimum absolute atomic E-state index is 0.0335. The van der Waals surface area contributed by atoms with E-state index >= 15 is 0 Å². The second kappa shape index (κ2) is 30.2. The Balaban J connectivity index is 0.000000178. The van der Waals surface area contributed by atoms with Gasteiger partial charge in [-0.15, -0.1) is 22.7 Å². The highest BCUT2D eigenvalue weighted by atomic mass is 35.5. The van der Waals surface area contributed by atoms with Crippen LogP contribution in [0.2, 0.25) is 10.0 Å². The van der Waals surface area contributed by atoms with Crippen LogP contribution in [0.25, 0.3) is 0 Å². The summed E-state index contributed by atoms with van der Waals surface area (Å²) in [4.78, 5) is 84.0. The van der Waals surface area contributed by atoms with E-state index in [0.29, 0.717) is 139 Å². The number of ether oxygens (including phenoxy) is 5. The third-order valence-electron chi connectivity index (χ3n) is 17.6. The van der Waals surface area contributed by atoms with Crippen molar-refractivity contribution >= 4 is 92.9 Å². The lowest BCUT2D eigenvalue weighted by Gasteiger charge is -2.38. The second-order valence-corrected chi connectivity index (χ2v) is 26.4. The smallest absolute Gasteiger partial charge is 0.338 e. The largest absolute Gasteiger partial charge is 0.466 e. The third kappa shape index (κ3) is 15.0. The van der Waals surface area contributed by atoms with Gasteiger partial charge in [-0.1, -0.05) is 59.6 Å². The summed E-state index contributed by atoms with van der Waals surface area (Å²) < 4.78 is 55.6. The molecule has 28 heteroatoms. The molecular weight excluding hydrogens is 1350 g/mol. The number of aliphatic imine (C=N–C) groups is 2. The summed E-state index contributed by atoms with van der Waals surface area (Å²) in [5.41, 5.74) is 6.06. The highest BCUT2D eigenvalue weighted by Gasteiger charge is 2.45. The highest BCUT2D eigenvalue weighted by Crippen LogP contribution is 2.40. The van der Waals surface area contributed by atoms with Gasteiger partial charge in [-0.05, 0) is 108 Å². The van der Waals surface area contributed by atoms with Gasteiger partial charge in [0.15, 0.2) is 21.7 Å². The van der Waals surface area contributed by atoms with E-state index in [-0.39, 0.29) is 51.9 Å². The van der Waals surface area contributed by atoms with Crippen LogP contribution in [0.15, 0.2) is 189 Å². The molecule has 6 aromatic carbocycles. The zero-order valence-corrected chi connectivity index (χ0v) is 56.9. The van der Waals surface area contributed by atoms with E-state index < -0.39 is 35.7 Å². The van der Waals surface area contributed by atoms with Crippen molar-refractivity contribution in [2.45, 2.75) is 37.4 Å². The van der Waals surface area contributed by atoms with Crippen LogP contribution in [0.5, 0.6) is 23.0 Å². The third-order valence-corrected chi connectivity index (χ3v) is 19.8. The zero-order valence-electron chi connectivity index (χ0n) is 53.7. The number of hydrogen-bond acceptors (Lipinski definition) is 20. The number of methoxy groups -OCH3 is 3. The topological polar surface area (TPSA) is 229 Å². The van der Waals surface area contributed by atoms with Crippen LogP contribution in [0.4, 0.5) is 29.7 Å². The first kappa shape index (κ1) is 67.9. The number of benzene rings is 6. The van der Waals surface area contributed by atoms with E-state index in [1.54, 1.807) is 53.6 Å². The number of halogens is 4. The predicted octanol–water partition coefficient (Wildman–Crippen LogP) is 11.4. The lowest BCUT2D eigenvalue weighted by molar-refractivity contribution is -0.137. The molecule has 4 atom stereocenters. The number of piperazine rings is 2. The van der Waals surface area contributed by atoms with Crippen molar-refractivity contribution in [2.24, 2.45) is 9.98 Å². The Hall–Kier alpha value is -9.64. The molecule has 4 saturated heterocycles. The van der Waals surface area contributed by atoms with E-state index in [0.717, 1.165) is 22.5 Å². The SMILES string of the molecule is COC(=O)C1=C(CN2CCN3C(=O)N(c4ccc(Oc5ccc(CO)cc5)cc4)C[C@@H]3C2)NC(c2nccs2)=N[C@H]1c1ccc(F)cc1Cl.COCc1ccc(Oc2ccc(N3C[C@@H]4CN(CC5=C(C(=O)OC)[C@H](c6ccc(F)cc6Cl)N=C(c6nccs6)N5)CCN4C3=O)cc2)cc1. The molecule has 0 saturated carbocycles. The summed E-state index contributed by atoms with van der Waals surface area (Å²) in [6.45, 7) is 5.51. The number of thiazole rings is 2. The molecule has 8 aromatic rings. The molecule has 0 unspecified atom stereocenters. The number of carbonyl (C=O) groups excluding carboxylic acids is 4. The number of aliphatic hydroxyl groups excluding tert-OH is 1. The fourth-order valence-corrected chi connectivity index (χ4v) is 14.5. The van der Waals surface area contributed by atoms with Crippen LogP contribution >= 0.6 is 45.9 Å². The van der Waals surface area contributed by atoms with Crippen molar-refractivity contribution in [1.29, 1.82) is 0 Å². The molecule has 8 heterocycles. The predicted molar refractivity (Wildman–Crippen MR) is 372 cm³/mol. The quantitative estimate of drug-likeness (QED) is 0.0639. The maximum absolute atomic E-state index is 14.0. The number of anilines is 2. The molecule has 6 aliphatic rings. The number of nitrogens with zero attached hydrogens (tertiary/aromatic N) is 10. The molecule has 0 spiro atoms. The second-order valence-electron chi connectivity index (χ2n) is 23.8. The first-order valence-corrected chi connectivity index (χ1v) is 34.1. The van der Waals surface area contributed by atoms with E-state index in [1.165, 1.54) is 73.3 Å². The van der Waals surface area contributed by atoms with Gasteiger partial charge >= 0.3 is 24.0 Å². The van der Waals surface area contributed by atoms with Gasteiger partial charge < -0.3 is 49.2 Å². The van der Waals surface area contributed by atoms with Crippen LogP contribution in [-0.2, 0) is 37.0 Å². The lowest BCUT2D eigenvalue weighted by Crippen LogP contribution is -2.53. The number of urea groups is 2. The summed E-state index contributed by atoms with van der Waals surface area (Å²) in [6.07, 6.45) is 3.34. The number of fused-ring (bicyclic) bond motifs is 2. The highest BCUT2D eigenvalue weighted by molar-refractivity contribution is 7.12. The molecular formula is C71H66Cl2F2N12O10S2. The molecule has 99 heavy (non-hydrogen) atoms. The number of nitrogens with one attached hydrogen (secondary N) is 2. The Labute approximate surface area is 586 Å². The van der Waals surface area contributed by atoms with Gasteiger partial charge in [-0.3, -0.25) is 29.6 Å². The molecule has 0 aliphatic carbocycles. The number of hydrogen-bond donors (Lipinski definition) is 3. The van der Waals surface area contributed by atoms with Crippen molar-refractivity contribution in [1.82, 2.24) is 40.2 Å². The van der Waals surface area contributed by atoms with Gasteiger partial charge in [0.2, 0.25) is 0 Å². The van der Waals surface area contributed by atoms with Gasteiger partial charge in [-0.25, -0.2) is 37.9 Å². The fourth-order valence-electron chi connectivity index (χ4n) is 12.8. The molecule has 0 radical (unpaired) electrons. The van der Waals surface area contributed by atoms with Crippen LogP contribution < -0.4 is 29.9 Å². The number of aliphatic hydroxyl groups is 1. The van der Waals surface area contributed by atoms with Crippen LogP contribution in [0.1, 0.15) is 44.4 Å². The minimum Gasteiger partial charge on any atom is -0.466 e. The number of esters is 2. The fraction of sp³-hybridized carbons (Fsp3) is 0.268. The van der Waals surface area contributed by atoms with Crippen molar-refractivity contribution in [3.05, 3.63) is 233 Å². The van der Waals surface area contributed by atoms with E-state index in [9.17, 15) is 33.1 Å². The van der Waals surface area contributed by atoms with Gasteiger partial charge in [0, 0.05) is 140 Å². The summed E-state index contributed by atoms with van der Waals surface area (Å²) >= 11 is 15.8. The van der Waals surface area contributed by atoms with Gasteiger partial charge in [0.05, 0.1) is 50.7 Å². The molecule has 510 valence electrons. The maximum Gasteiger partial charge on any atom is 0.338 e. The molecule has 14 rings (SSSR count). The summed E-state index contributed by atoms with van der Waals surface area (Å²) in [5, 5.41) is 21.2. The number of carbonyl (C=O) groups is 4. The Bertz CT molecular complexity index is 4420. The van der Waals surface area contributed by atoms with Gasteiger partial charge in [-0.2, -0.15) is 0 Å². The molecule has 3 N–H and O–H groups in total. The Morgan fingerprint density at radius 2 is 0.960 bits per heavy atom. The number of rotatable bonds is 19. The molecule has 0 bridgehead atoms. The van der Waals surface area contributed by atoms with Crippen LogP contribution in [0.3, 0.4) is 0 Å². The van der Waals surface area contributed by atoms with E-state index in [4.69, 9.17) is 56.9 Å². The maximum atomic E-state index is 14.0. The molecule has 4 amide bonds. The van der Waals surface area contributed by atoms with Crippen molar-refractivity contribution in [3.8, 4) is 23.0 Å². The Morgan fingerprint density at radius 3 is 1.32 bits per heavy atom. The summed E-state index contributed by atoms with van der Waals surface area (Å²) in [6, 6.07) is 35.9. The van der Waals surface area contributed by atoms with Gasteiger partial charge in [0.1, 0.15) is 46.7 Å². The van der Waals surface area contributed by atoms with E-state index in [2.05, 4.69) is 30.4 Å². The number of aromatic nitrogens is 2. The number of amides is 4. The minimum atomic E-state index is -0.854. The Kier molecular flexibility index (Phi) is 20.7. The Morgan fingerprint density at radius 1 is 0.556 bits per heavy atom. The van der Waals surface area contributed by atoms with Crippen LogP contribution in [0, 0.1) is 11.6 Å². The van der Waals surface area contributed by atoms with Crippen molar-refractivity contribution in [2.75, 3.05) is 96.6 Å². The van der Waals surface area contributed by atoms with Crippen molar-refractivity contribution < 1.29 is 56.7 Å². The normalized spacial score (nSPS) is 19.4. The molecule has 4 fully saturated rings.